The van der Waals surface area contributed by atoms with Gasteiger partial charge < -0.3 is 14.8 Å². The van der Waals surface area contributed by atoms with Crippen LogP contribution in [0.3, 0.4) is 0 Å². The van der Waals surface area contributed by atoms with Gasteiger partial charge in [-0.25, -0.2) is 4.79 Å². The van der Waals surface area contributed by atoms with Gasteiger partial charge >= 0.3 is 6.03 Å². The molecule has 0 fully saturated rings. The molecule has 1 atom stereocenters. The molecule has 1 rings (SSSR count). The fourth-order valence-electron chi connectivity index (χ4n) is 1.55. The van der Waals surface area contributed by atoms with Crippen molar-refractivity contribution in [3.8, 4) is 11.5 Å². The molecule has 1 aromatic rings. The lowest BCUT2D eigenvalue weighted by Gasteiger charge is -2.12. The van der Waals surface area contributed by atoms with Crippen LogP contribution < -0.4 is 20.1 Å². The molecule has 6 nitrogen and oxygen atoms in total. The van der Waals surface area contributed by atoms with Gasteiger partial charge in [-0.1, -0.05) is 0 Å². The summed E-state index contributed by atoms with van der Waals surface area (Å²) in [6.07, 6.45) is 0. The van der Waals surface area contributed by atoms with Gasteiger partial charge in [0.1, 0.15) is 11.5 Å². The van der Waals surface area contributed by atoms with Crippen LogP contribution in [0, 0.1) is 0 Å². The van der Waals surface area contributed by atoms with E-state index in [1.165, 1.54) is 11.8 Å². The van der Waals surface area contributed by atoms with Gasteiger partial charge in [0.15, 0.2) is 0 Å². The van der Waals surface area contributed by atoms with E-state index in [0.717, 1.165) is 11.5 Å². The fraction of sp³-hybridized carbons (Fsp3) is 0.467. The molecular formula is C15H22N2O4S. The van der Waals surface area contributed by atoms with Crippen LogP contribution in [0.5, 0.6) is 11.5 Å². The van der Waals surface area contributed by atoms with E-state index in [2.05, 4.69) is 10.6 Å². The molecule has 0 aliphatic carbocycles. The first-order valence-corrected chi connectivity index (χ1v) is 8.08. The molecular weight excluding hydrogens is 304 g/mol. The van der Waals surface area contributed by atoms with E-state index in [-0.39, 0.29) is 11.2 Å². The minimum atomic E-state index is -0.463. The molecule has 22 heavy (non-hydrogen) atoms. The SMILES string of the molecule is CCNC(=O)NC(=O)C(C)SCCOc1ccc(OC)cc1. The number of nitrogens with one attached hydrogen (secondary N) is 2. The van der Waals surface area contributed by atoms with E-state index in [4.69, 9.17) is 9.47 Å². The Balaban J connectivity index is 2.22. The standard InChI is InChI=1S/C15H22N2O4S/c1-4-16-15(19)17-14(18)11(2)22-10-9-21-13-7-5-12(20-3)6-8-13/h5-8,11H,4,9-10H2,1-3H3,(H2,16,17,18,19). The van der Waals surface area contributed by atoms with E-state index in [1.54, 1.807) is 21.0 Å². The smallest absolute Gasteiger partial charge is 0.321 e. The largest absolute Gasteiger partial charge is 0.497 e. The van der Waals surface area contributed by atoms with Crippen molar-refractivity contribution < 1.29 is 19.1 Å². The molecule has 3 amide bonds. The number of carbonyl (C=O) groups excluding carboxylic acids is 2. The average Bonchev–Trinajstić information content (AvgIpc) is 2.52. The minimum Gasteiger partial charge on any atom is -0.497 e. The van der Waals surface area contributed by atoms with Crippen LogP contribution in [0.1, 0.15) is 13.8 Å². The van der Waals surface area contributed by atoms with E-state index >= 15 is 0 Å². The third kappa shape index (κ3) is 6.71. The zero-order valence-electron chi connectivity index (χ0n) is 13.0. The van der Waals surface area contributed by atoms with Gasteiger partial charge in [-0.2, -0.15) is 0 Å². The average molecular weight is 326 g/mol. The normalized spacial score (nSPS) is 11.4. The molecule has 0 aliphatic rings. The summed E-state index contributed by atoms with van der Waals surface area (Å²) in [5.41, 5.74) is 0. The monoisotopic (exact) mass is 326 g/mol. The number of thioether (sulfide) groups is 1. The topological polar surface area (TPSA) is 76.7 Å². The van der Waals surface area contributed by atoms with E-state index in [9.17, 15) is 9.59 Å². The minimum absolute atomic E-state index is 0.305. The Morgan fingerprint density at radius 1 is 1.23 bits per heavy atom. The van der Waals surface area contributed by atoms with E-state index in [0.29, 0.717) is 18.9 Å². The van der Waals surface area contributed by atoms with Crippen molar-refractivity contribution in [2.45, 2.75) is 19.1 Å². The summed E-state index contributed by atoms with van der Waals surface area (Å²) >= 11 is 1.43. The quantitative estimate of drug-likeness (QED) is 0.715. The van der Waals surface area contributed by atoms with E-state index in [1.807, 2.05) is 24.3 Å². The Kier molecular flexibility index (Phi) is 8.21. The number of amides is 3. The maximum absolute atomic E-state index is 11.7. The molecule has 1 aromatic carbocycles. The summed E-state index contributed by atoms with van der Waals surface area (Å²) in [6, 6.07) is 6.84. The Morgan fingerprint density at radius 3 is 2.45 bits per heavy atom. The van der Waals surface area contributed by atoms with Crippen LogP contribution in [0.25, 0.3) is 0 Å². The van der Waals surface area contributed by atoms with Gasteiger partial charge in [0.2, 0.25) is 5.91 Å². The van der Waals surface area contributed by atoms with Crippen LogP contribution in [0.15, 0.2) is 24.3 Å². The van der Waals surface area contributed by atoms with Crippen molar-refractivity contribution in [2.75, 3.05) is 26.0 Å². The van der Waals surface area contributed by atoms with Crippen LogP contribution in [0.2, 0.25) is 0 Å². The highest BCUT2D eigenvalue weighted by atomic mass is 32.2. The molecule has 2 N–H and O–H groups in total. The molecule has 0 radical (unpaired) electrons. The number of benzene rings is 1. The number of hydrogen-bond donors (Lipinski definition) is 2. The van der Waals surface area contributed by atoms with Crippen molar-refractivity contribution in [1.29, 1.82) is 0 Å². The fourth-order valence-corrected chi connectivity index (χ4v) is 2.29. The third-order valence-electron chi connectivity index (χ3n) is 2.72. The van der Waals surface area contributed by atoms with E-state index < -0.39 is 6.03 Å². The number of hydrogen-bond acceptors (Lipinski definition) is 5. The number of methoxy groups -OCH3 is 1. The van der Waals surface area contributed by atoms with Gasteiger partial charge in [-0.15, -0.1) is 11.8 Å². The number of urea groups is 1. The van der Waals surface area contributed by atoms with Crippen molar-refractivity contribution in [3.05, 3.63) is 24.3 Å². The zero-order valence-corrected chi connectivity index (χ0v) is 13.9. The summed E-state index contributed by atoms with van der Waals surface area (Å²) in [6.45, 7) is 4.51. The van der Waals surface area contributed by atoms with Crippen molar-refractivity contribution in [1.82, 2.24) is 10.6 Å². The molecule has 122 valence electrons. The molecule has 7 heteroatoms. The van der Waals surface area contributed by atoms with Crippen LogP contribution in [-0.2, 0) is 4.79 Å². The first kappa shape index (κ1) is 18.2. The van der Waals surface area contributed by atoms with Crippen LogP contribution in [-0.4, -0.2) is 43.2 Å². The Hall–Kier alpha value is -1.89. The lowest BCUT2D eigenvalue weighted by Crippen LogP contribution is -2.42. The molecule has 1 unspecified atom stereocenters. The number of carbonyl (C=O) groups is 2. The van der Waals surface area contributed by atoms with Crippen LogP contribution >= 0.6 is 11.8 Å². The molecule has 0 saturated heterocycles. The van der Waals surface area contributed by atoms with Gasteiger partial charge in [-0.05, 0) is 38.1 Å². The van der Waals surface area contributed by atoms with Gasteiger partial charge in [0.25, 0.3) is 0 Å². The van der Waals surface area contributed by atoms with Gasteiger partial charge in [0.05, 0.1) is 19.0 Å². The predicted octanol–water partition coefficient (Wildman–Crippen LogP) is 2.04. The summed E-state index contributed by atoms with van der Waals surface area (Å²) in [5.74, 6) is 1.87. The van der Waals surface area contributed by atoms with Crippen molar-refractivity contribution >= 4 is 23.7 Å². The molecule has 0 spiro atoms. The molecule has 0 saturated carbocycles. The lowest BCUT2D eigenvalue weighted by molar-refractivity contribution is -0.119. The predicted molar refractivity (Wildman–Crippen MR) is 87.6 cm³/mol. The van der Waals surface area contributed by atoms with Gasteiger partial charge in [0, 0.05) is 12.3 Å². The Morgan fingerprint density at radius 2 is 1.86 bits per heavy atom. The molecule has 0 heterocycles. The number of rotatable bonds is 8. The second-order valence-electron chi connectivity index (χ2n) is 4.39. The highest BCUT2D eigenvalue weighted by Crippen LogP contribution is 2.17. The summed E-state index contributed by atoms with van der Waals surface area (Å²) in [4.78, 5) is 23.0. The molecule has 0 bridgehead atoms. The van der Waals surface area contributed by atoms with Crippen molar-refractivity contribution in [2.24, 2.45) is 0 Å². The zero-order chi connectivity index (χ0) is 16.4. The summed E-state index contributed by atoms with van der Waals surface area (Å²) in [5, 5.41) is 4.48. The summed E-state index contributed by atoms with van der Waals surface area (Å²) in [7, 11) is 1.61. The maximum Gasteiger partial charge on any atom is 0.321 e. The number of ether oxygens (including phenoxy) is 2. The second-order valence-corrected chi connectivity index (χ2v) is 5.83. The maximum atomic E-state index is 11.7. The first-order valence-electron chi connectivity index (χ1n) is 7.04. The molecule has 0 aromatic heterocycles. The third-order valence-corrected chi connectivity index (χ3v) is 3.84. The molecule has 0 aliphatic heterocycles. The van der Waals surface area contributed by atoms with Crippen LogP contribution in [0.4, 0.5) is 4.79 Å². The Labute approximate surface area is 134 Å². The second kappa shape index (κ2) is 9.94. The first-order chi connectivity index (χ1) is 10.6. The lowest BCUT2D eigenvalue weighted by atomic mass is 10.3. The van der Waals surface area contributed by atoms with Gasteiger partial charge in [-0.3, -0.25) is 10.1 Å². The highest BCUT2D eigenvalue weighted by Gasteiger charge is 2.15. The highest BCUT2D eigenvalue weighted by molar-refractivity contribution is 8.00. The summed E-state index contributed by atoms with van der Waals surface area (Å²) < 4.78 is 10.6. The van der Waals surface area contributed by atoms with Crippen molar-refractivity contribution in [3.63, 3.8) is 0 Å². The Bertz CT molecular complexity index is 479. The number of imide groups is 1.